The molecule has 1 aliphatic carbocycles. The Bertz CT molecular complexity index is 215. The van der Waals surface area contributed by atoms with Crippen LogP contribution in [0, 0.1) is 0 Å². The molecule has 1 saturated carbocycles. The largest absolute Gasteiger partial charge is 0.409 e. The van der Waals surface area contributed by atoms with E-state index in [2.05, 4.69) is 10.1 Å². The zero-order chi connectivity index (χ0) is 11.8. The average Bonchev–Trinajstić information content (AvgIpc) is 2.81. The van der Waals surface area contributed by atoms with Crippen molar-refractivity contribution < 1.29 is 9.94 Å². The Morgan fingerprint density at radius 2 is 2.19 bits per heavy atom. The van der Waals surface area contributed by atoms with E-state index in [0.717, 1.165) is 19.6 Å². The van der Waals surface area contributed by atoms with Gasteiger partial charge in [-0.2, -0.15) is 0 Å². The van der Waals surface area contributed by atoms with Crippen LogP contribution in [0.15, 0.2) is 5.16 Å². The molecule has 0 aliphatic heterocycles. The topological polar surface area (TPSA) is 71.1 Å². The zero-order valence-electron chi connectivity index (χ0n) is 10.1. The summed E-state index contributed by atoms with van der Waals surface area (Å²) in [7, 11) is 1.71. The Kier molecular flexibility index (Phi) is 6.18. The van der Waals surface area contributed by atoms with Crippen LogP contribution < -0.4 is 5.73 Å². The van der Waals surface area contributed by atoms with Crippen LogP contribution >= 0.6 is 0 Å². The second kappa shape index (κ2) is 7.46. The lowest BCUT2D eigenvalue weighted by Gasteiger charge is -2.28. The lowest BCUT2D eigenvalue weighted by Crippen LogP contribution is -2.41. The highest BCUT2D eigenvalue weighted by molar-refractivity contribution is 5.81. The number of hydrogen-bond acceptors (Lipinski definition) is 4. The lowest BCUT2D eigenvalue weighted by atomic mass is 10.2. The van der Waals surface area contributed by atoms with E-state index in [9.17, 15) is 0 Å². The maximum absolute atomic E-state index is 8.61. The molecule has 0 radical (unpaired) electrons. The predicted octanol–water partition coefficient (Wildman–Crippen LogP) is 1.01. The summed E-state index contributed by atoms with van der Waals surface area (Å²) in [6, 6.07) is 0.595. The van der Waals surface area contributed by atoms with Crippen LogP contribution in [0.3, 0.4) is 0 Å². The van der Waals surface area contributed by atoms with Crippen molar-refractivity contribution >= 4 is 5.84 Å². The molecule has 0 bridgehead atoms. The fourth-order valence-corrected chi connectivity index (χ4v) is 2.31. The smallest absolute Gasteiger partial charge is 0.153 e. The number of nitrogens with two attached hydrogens (primary N) is 1. The van der Waals surface area contributed by atoms with Gasteiger partial charge in [0.1, 0.15) is 0 Å². The zero-order valence-corrected chi connectivity index (χ0v) is 10.1. The summed E-state index contributed by atoms with van der Waals surface area (Å²) >= 11 is 0. The van der Waals surface area contributed by atoms with Crippen LogP contribution in [-0.2, 0) is 4.74 Å². The van der Waals surface area contributed by atoms with Gasteiger partial charge in [0, 0.05) is 26.3 Å². The second-order valence-corrected chi connectivity index (χ2v) is 4.35. The van der Waals surface area contributed by atoms with Crippen molar-refractivity contribution in [3.63, 3.8) is 0 Å². The maximum atomic E-state index is 8.61. The molecule has 0 aromatic carbocycles. The monoisotopic (exact) mass is 229 g/mol. The molecule has 0 saturated heterocycles. The first-order chi connectivity index (χ1) is 7.77. The summed E-state index contributed by atoms with van der Waals surface area (Å²) in [5.74, 6) is 0.296. The molecule has 0 aromatic heterocycles. The van der Waals surface area contributed by atoms with Crippen molar-refractivity contribution in [1.82, 2.24) is 4.90 Å². The Morgan fingerprint density at radius 3 is 2.75 bits per heavy atom. The van der Waals surface area contributed by atoms with Gasteiger partial charge in [-0.1, -0.05) is 18.0 Å². The van der Waals surface area contributed by atoms with Gasteiger partial charge in [-0.15, -0.1) is 0 Å². The number of oxime groups is 1. The molecular weight excluding hydrogens is 206 g/mol. The van der Waals surface area contributed by atoms with E-state index in [-0.39, 0.29) is 0 Å². The van der Waals surface area contributed by atoms with Crippen molar-refractivity contribution in [2.45, 2.75) is 38.1 Å². The number of methoxy groups -OCH3 is 1. The van der Waals surface area contributed by atoms with E-state index in [1.807, 2.05) is 0 Å². The highest BCUT2D eigenvalue weighted by Gasteiger charge is 2.22. The van der Waals surface area contributed by atoms with Gasteiger partial charge < -0.3 is 15.7 Å². The first-order valence-electron chi connectivity index (χ1n) is 5.97. The molecule has 0 spiro atoms. The van der Waals surface area contributed by atoms with Gasteiger partial charge in [-0.25, -0.2) is 0 Å². The SMILES string of the molecule is COCCCN(CC(N)=NO)C1CCCC1. The van der Waals surface area contributed by atoms with Crippen LogP contribution in [0.2, 0.25) is 0 Å². The molecule has 0 aromatic rings. The Morgan fingerprint density at radius 1 is 1.50 bits per heavy atom. The molecule has 5 heteroatoms. The minimum atomic E-state index is 0.296. The van der Waals surface area contributed by atoms with Gasteiger partial charge in [0.2, 0.25) is 0 Å². The molecular formula is C11H23N3O2. The van der Waals surface area contributed by atoms with Gasteiger partial charge in [-0.3, -0.25) is 4.90 Å². The lowest BCUT2D eigenvalue weighted by molar-refractivity contribution is 0.159. The highest BCUT2D eigenvalue weighted by Crippen LogP contribution is 2.23. The first kappa shape index (κ1) is 13.3. The molecule has 0 heterocycles. The van der Waals surface area contributed by atoms with E-state index in [0.29, 0.717) is 18.4 Å². The minimum Gasteiger partial charge on any atom is -0.409 e. The molecule has 5 nitrogen and oxygen atoms in total. The van der Waals surface area contributed by atoms with Crippen LogP contribution in [-0.4, -0.2) is 48.8 Å². The van der Waals surface area contributed by atoms with Crippen LogP contribution in [0.4, 0.5) is 0 Å². The van der Waals surface area contributed by atoms with E-state index in [1.54, 1.807) is 7.11 Å². The number of rotatable bonds is 7. The van der Waals surface area contributed by atoms with Crippen molar-refractivity contribution in [2.75, 3.05) is 26.8 Å². The molecule has 0 atom stereocenters. The standard InChI is InChI=1S/C11H23N3O2/c1-16-8-4-7-14(9-11(12)13-15)10-5-2-3-6-10/h10,15H,2-9H2,1H3,(H2,12,13). The fraction of sp³-hybridized carbons (Fsp3) is 0.909. The third-order valence-corrected chi connectivity index (χ3v) is 3.13. The highest BCUT2D eigenvalue weighted by atomic mass is 16.5. The summed E-state index contributed by atoms with van der Waals surface area (Å²) in [6.07, 6.45) is 6.03. The second-order valence-electron chi connectivity index (χ2n) is 4.35. The van der Waals surface area contributed by atoms with E-state index < -0.39 is 0 Å². The molecule has 0 unspecified atom stereocenters. The van der Waals surface area contributed by atoms with Crippen molar-refractivity contribution in [2.24, 2.45) is 10.9 Å². The normalized spacial score (nSPS) is 18.5. The number of amidine groups is 1. The number of hydrogen-bond donors (Lipinski definition) is 2. The summed E-state index contributed by atoms with van der Waals surface area (Å²) in [6.45, 7) is 2.28. The van der Waals surface area contributed by atoms with Gasteiger partial charge >= 0.3 is 0 Å². The molecule has 3 N–H and O–H groups in total. The summed E-state index contributed by atoms with van der Waals surface area (Å²) in [5, 5.41) is 11.7. The Hall–Kier alpha value is -0.810. The Labute approximate surface area is 97.2 Å². The quantitative estimate of drug-likeness (QED) is 0.225. The third kappa shape index (κ3) is 4.37. The molecule has 16 heavy (non-hydrogen) atoms. The number of ether oxygens (including phenoxy) is 1. The van der Waals surface area contributed by atoms with Crippen molar-refractivity contribution in [3.05, 3.63) is 0 Å². The van der Waals surface area contributed by atoms with E-state index in [1.165, 1.54) is 25.7 Å². The van der Waals surface area contributed by atoms with E-state index in [4.69, 9.17) is 15.7 Å². The van der Waals surface area contributed by atoms with Gasteiger partial charge in [0.15, 0.2) is 5.84 Å². The van der Waals surface area contributed by atoms with Crippen LogP contribution in [0.1, 0.15) is 32.1 Å². The molecule has 94 valence electrons. The molecule has 0 amide bonds. The number of nitrogens with zero attached hydrogens (tertiary/aromatic N) is 2. The third-order valence-electron chi connectivity index (χ3n) is 3.13. The fourth-order valence-electron chi connectivity index (χ4n) is 2.31. The van der Waals surface area contributed by atoms with E-state index >= 15 is 0 Å². The first-order valence-corrected chi connectivity index (χ1v) is 5.97. The average molecular weight is 229 g/mol. The van der Waals surface area contributed by atoms with Crippen molar-refractivity contribution in [3.8, 4) is 0 Å². The summed E-state index contributed by atoms with van der Waals surface area (Å²) < 4.78 is 5.05. The minimum absolute atomic E-state index is 0.296. The maximum Gasteiger partial charge on any atom is 0.153 e. The summed E-state index contributed by atoms with van der Waals surface area (Å²) in [5.41, 5.74) is 5.57. The van der Waals surface area contributed by atoms with Gasteiger partial charge in [0.25, 0.3) is 0 Å². The van der Waals surface area contributed by atoms with Crippen LogP contribution in [0.5, 0.6) is 0 Å². The summed E-state index contributed by atoms with van der Waals surface area (Å²) in [4.78, 5) is 2.31. The predicted molar refractivity (Wildman–Crippen MR) is 63.7 cm³/mol. The van der Waals surface area contributed by atoms with Gasteiger partial charge in [0.05, 0.1) is 6.54 Å². The molecule has 1 rings (SSSR count). The van der Waals surface area contributed by atoms with Crippen LogP contribution in [0.25, 0.3) is 0 Å². The Balaban J connectivity index is 2.40. The van der Waals surface area contributed by atoms with Gasteiger partial charge in [-0.05, 0) is 19.3 Å². The van der Waals surface area contributed by atoms with Crippen molar-refractivity contribution in [1.29, 1.82) is 0 Å². The molecule has 1 fully saturated rings. The molecule has 1 aliphatic rings.